The van der Waals surface area contributed by atoms with Gasteiger partial charge in [0.15, 0.2) is 0 Å². The molecule has 1 rings (SSSR count). The van der Waals surface area contributed by atoms with E-state index in [1.807, 2.05) is 26.0 Å². The van der Waals surface area contributed by atoms with Crippen LogP contribution in [0.4, 0.5) is 0 Å². The number of Topliss-reactive ketones (excluding diaryl/α,β-unsaturated/α-hetero) is 1. The van der Waals surface area contributed by atoms with Gasteiger partial charge in [0.2, 0.25) is 0 Å². The average Bonchev–Trinajstić information content (AvgIpc) is 2.15. The number of hydrogen-bond donors (Lipinski definition) is 0. The predicted octanol–water partition coefficient (Wildman–Crippen LogP) is 4.77. The van der Waals surface area contributed by atoms with E-state index in [-0.39, 0.29) is 0 Å². The van der Waals surface area contributed by atoms with Crippen molar-refractivity contribution in [1.82, 2.24) is 0 Å². The third-order valence-electron chi connectivity index (χ3n) is 1.80. The van der Waals surface area contributed by atoms with Gasteiger partial charge in [-0.25, -0.2) is 0 Å². The molecule has 1 unspecified atom stereocenters. The molecular weight excluding hydrogens is 299 g/mol. The fourth-order valence-corrected chi connectivity index (χ4v) is 1.99. The minimum absolute atomic E-state index is 0.343. The Balaban J connectivity index is 0.000000288. The molecule has 0 saturated carbocycles. The number of hydrogen-bond acceptors (Lipinski definition) is 1. The predicted molar refractivity (Wildman–Crippen MR) is 70.8 cm³/mol. The Labute approximate surface area is 110 Å². The van der Waals surface area contributed by atoms with E-state index in [9.17, 15) is 4.79 Å². The van der Waals surface area contributed by atoms with Crippen LogP contribution in [-0.2, 0) is 4.79 Å². The van der Waals surface area contributed by atoms with Gasteiger partial charge >= 0.3 is 0 Å². The lowest BCUT2D eigenvalue weighted by molar-refractivity contribution is -0.118. The van der Waals surface area contributed by atoms with Crippen molar-refractivity contribution in [1.29, 1.82) is 0 Å². The van der Waals surface area contributed by atoms with Crippen LogP contribution in [0.15, 0.2) is 23.3 Å². The van der Waals surface area contributed by atoms with E-state index in [0.29, 0.717) is 23.7 Å². The summed E-state index contributed by atoms with van der Waals surface area (Å²) in [5, 5.41) is 0.688. The van der Waals surface area contributed by atoms with Crippen LogP contribution in [0.5, 0.6) is 0 Å². The van der Waals surface area contributed by atoms with Crippen molar-refractivity contribution in [3.63, 3.8) is 0 Å². The maximum Gasteiger partial charge on any atom is 0.132 e. The molecule has 86 valence electrons. The number of allylic oxidation sites excluding steroid dienone is 4. The molecule has 1 atom stereocenters. The van der Waals surface area contributed by atoms with Crippen LogP contribution in [0.1, 0.15) is 33.1 Å². The number of rotatable bonds is 2. The highest BCUT2D eigenvalue weighted by molar-refractivity contribution is 9.10. The Morgan fingerprint density at radius 1 is 1.53 bits per heavy atom. The summed E-state index contributed by atoms with van der Waals surface area (Å²) in [4.78, 5) is 10.2. The van der Waals surface area contributed by atoms with Gasteiger partial charge in [-0.15, -0.1) is 11.6 Å². The molecule has 0 aromatic heterocycles. The van der Waals surface area contributed by atoms with E-state index in [1.165, 1.54) is 0 Å². The lowest BCUT2D eigenvalue weighted by atomic mass is 10.2. The molecule has 0 radical (unpaired) electrons. The summed E-state index contributed by atoms with van der Waals surface area (Å²) in [5.41, 5.74) is 0. The first-order valence-electron chi connectivity index (χ1n) is 4.85. The molecule has 0 aromatic carbocycles. The number of halogens is 3. The van der Waals surface area contributed by atoms with E-state index in [4.69, 9.17) is 23.2 Å². The first-order valence-corrected chi connectivity index (χ1v) is 6.40. The van der Waals surface area contributed by atoms with E-state index < -0.39 is 3.78 Å². The van der Waals surface area contributed by atoms with Crippen LogP contribution in [0.3, 0.4) is 0 Å². The largest absolute Gasteiger partial charge is 0.300 e. The summed E-state index contributed by atoms with van der Waals surface area (Å²) in [6.45, 7) is 3.76. The van der Waals surface area contributed by atoms with Gasteiger partial charge in [-0.3, -0.25) is 4.79 Å². The molecule has 0 aromatic rings. The van der Waals surface area contributed by atoms with Gasteiger partial charge in [0, 0.05) is 17.9 Å². The quantitative estimate of drug-likeness (QED) is 0.671. The Morgan fingerprint density at radius 2 is 2.07 bits per heavy atom. The van der Waals surface area contributed by atoms with Gasteiger partial charge in [0.1, 0.15) is 9.57 Å². The molecule has 0 saturated heterocycles. The van der Waals surface area contributed by atoms with E-state index in [2.05, 4.69) is 15.9 Å². The minimum atomic E-state index is -0.446. The Kier molecular flexibility index (Phi) is 7.58. The van der Waals surface area contributed by atoms with Crippen molar-refractivity contribution in [2.75, 3.05) is 0 Å². The van der Waals surface area contributed by atoms with Crippen LogP contribution < -0.4 is 0 Å². The minimum Gasteiger partial charge on any atom is -0.300 e. The average molecular weight is 314 g/mol. The van der Waals surface area contributed by atoms with E-state index in [1.54, 1.807) is 6.08 Å². The van der Waals surface area contributed by atoms with E-state index >= 15 is 0 Å². The molecule has 0 spiro atoms. The molecule has 0 fully saturated rings. The zero-order valence-electron chi connectivity index (χ0n) is 8.90. The second-order valence-corrected chi connectivity index (χ2v) is 6.13. The fraction of sp³-hybridized carbons (Fsp3) is 0.545. The number of carbonyl (C=O) groups is 1. The Bertz CT molecular complexity index is 264. The molecule has 0 amide bonds. The zero-order valence-corrected chi connectivity index (χ0v) is 12.0. The molecule has 0 heterocycles. The summed E-state index contributed by atoms with van der Waals surface area (Å²) < 4.78 is -0.446. The van der Waals surface area contributed by atoms with Crippen LogP contribution in [0, 0.1) is 0 Å². The second kappa shape index (κ2) is 7.48. The van der Waals surface area contributed by atoms with Crippen molar-refractivity contribution in [3.8, 4) is 0 Å². The number of carbonyl (C=O) groups excluding carboxylic acids is 1. The summed E-state index contributed by atoms with van der Waals surface area (Å²) in [6.07, 6.45) is 7.71. The molecule has 1 aliphatic rings. The summed E-state index contributed by atoms with van der Waals surface area (Å²) in [5.74, 6) is 0.343. The molecular formula is C11H15BrCl2O. The monoisotopic (exact) mass is 312 g/mol. The number of alkyl halides is 2. The first kappa shape index (κ1) is 15.2. The van der Waals surface area contributed by atoms with Gasteiger partial charge in [0.25, 0.3) is 0 Å². The second-order valence-electron chi connectivity index (χ2n) is 3.14. The van der Waals surface area contributed by atoms with Gasteiger partial charge < -0.3 is 0 Å². The van der Waals surface area contributed by atoms with Crippen LogP contribution in [-0.4, -0.2) is 9.57 Å². The highest BCUT2D eigenvalue weighted by Crippen LogP contribution is 2.34. The van der Waals surface area contributed by atoms with Gasteiger partial charge in [0.05, 0.1) is 0 Å². The molecule has 1 nitrogen and oxygen atoms in total. The van der Waals surface area contributed by atoms with Crippen molar-refractivity contribution >= 4 is 44.9 Å². The molecule has 4 heteroatoms. The molecule has 0 aliphatic heterocycles. The number of ketones is 1. The van der Waals surface area contributed by atoms with Crippen LogP contribution >= 0.6 is 39.1 Å². The van der Waals surface area contributed by atoms with Crippen molar-refractivity contribution in [3.05, 3.63) is 23.3 Å². The van der Waals surface area contributed by atoms with Crippen molar-refractivity contribution in [2.45, 2.75) is 36.9 Å². The summed E-state index contributed by atoms with van der Waals surface area (Å²) in [6, 6.07) is 0. The highest BCUT2D eigenvalue weighted by atomic mass is 79.9. The third-order valence-corrected chi connectivity index (χ3v) is 2.86. The van der Waals surface area contributed by atoms with Crippen LogP contribution in [0.25, 0.3) is 0 Å². The summed E-state index contributed by atoms with van der Waals surface area (Å²) >= 11 is 14.8. The lowest BCUT2D eigenvalue weighted by Crippen LogP contribution is -2.08. The zero-order chi connectivity index (χ0) is 11.9. The molecule has 1 aliphatic carbocycles. The first-order chi connectivity index (χ1) is 6.91. The maximum atomic E-state index is 10.2. The Hall–Kier alpha value is 0.210. The Morgan fingerprint density at radius 3 is 2.27 bits per heavy atom. The molecule has 15 heavy (non-hydrogen) atoms. The SMILES string of the molecule is CCC(=O)CC.ClC1=CC(Cl)(Br)CC=C1. The normalized spacial score (nSPS) is 23.9. The molecule has 0 N–H and O–H groups in total. The molecule has 0 bridgehead atoms. The lowest BCUT2D eigenvalue weighted by Gasteiger charge is -2.15. The van der Waals surface area contributed by atoms with Gasteiger partial charge in [-0.1, -0.05) is 47.5 Å². The topological polar surface area (TPSA) is 17.1 Å². The van der Waals surface area contributed by atoms with Crippen molar-refractivity contribution in [2.24, 2.45) is 0 Å². The smallest absolute Gasteiger partial charge is 0.132 e. The summed E-state index contributed by atoms with van der Waals surface area (Å²) in [7, 11) is 0. The standard InChI is InChI=1S/C6H5BrCl2.C5H10O/c7-6(9)3-1-2-5(8)4-6;1-3-5(6)4-2/h1-2,4H,3H2;3-4H2,1-2H3. The fourth-order valence-electron chi connectivity index (χ4n) is 0.887. The highest BCUT2D eigenvalue weighted by Gasteiger charge is 2.20. The van der Waals surface area contributed by atoms with Crippen LogP contribution in [0.2, 0.25) is 0 Å². The van der Waals surface area contributed by atoms with E-state index in [0.717, 1.165) is 6.42 Å². The van der Waals surface area contributed by atoms with Gasteiger partial charge in [-0.2, -0.15) is 0 Å². The maximum absolute atomic E-state index is 10.2. The van der Waals surface area contributed by atoms with Crippen molar-refractivity contribution < 1.29 is 4.79 Å². The van der Waals surface area contributed by atoms with Gasteiger partial charge in [-0.05, 0) is 18.6 Å². The third kappa shape index (κ3) is 8.06.